The smallest absolute Gasteiger partial charge is 0.253 e. The molecule has 1 aromatic heterocycles. The van der Waals surface area contributed by atoms with Crippen LogP contribution in [0.4, 0.5) is 10.1 Å². The van der Waals surface area contributed by atoms with Crippen LogP contribution in [0, 0.1) is 12.7 Å². The maximum absolute atomic E-state index is 13.3. The van der Waals surface area contributed by atoms with Gasteiger partial charge in [0, 0.05) is 35.2 Å². The second-order valence-corrected chi connectivity index (χ2v) is 6.75. The number of nitrogens with zero attached hydrogens (tertiary/aromatic N) is 1. The van der Waals surface area contributed by atoms with Crippen molar-refractivity contribution in [1.82, 2.24) is 10.3 Å². The third kappa shape index (κ3) is 3.49. The molecule has 2 N–H and O–H groups in total. The summed E-state index contributed by atoms with van der Waals surface area (Å²) in [5.41, 5.74) is 3.46. The van der Waals surface area contributed by atoms with E-state index in [2.05, 4.69) is 15.6 Å². The third-order valence-corrected chi connectivity index (χ3v) is 4.81. The van der Waals surface area contributed by atoms with Crippen LogP contribution < -0.4 is 10.6 Å². The van der Waals surface area contributed by atoms with E-state index in [1.165, 1.54) is 18.3 Å². The normalized spacial score (nSPS) is 16.4. The molecule has 2 aromatic carbocycles. The van der Waals surface area contributed by atoms with Gasteiger partial charge >= 0.3 is 0 Å². The number of nitrogens with one attached hydrogen (secondary N) is 2. The van der Waals surface area contributed by atoms with Crippen molar-refractivity contribution >= 4 is 28.4 Å². The Kier molecular flexibility index (Phi) is 4.61. The van der Waals surface area contributed by atoms with Crippen LogP contribution in [0.3, 0.4) is 0 Å². The molecule has 0 bridgehead atoms. The van der Waals surface area contributed by atoms with Crippen molar-refractivity contribution in [3.05, 3.63) is 83.4 Å². The summed E-state index contributed by atoms with van der Waals surface area (Å²) in [5, 5.41) is 6.37. The predicted octanol–water partition coefficient (Wildman–Crippen LogP) is 3.81. The first-order chi connectivity index (χ1) is 13.5. The Labute approximate surface area is 161 Å². The molecule has 140 valence electrons. The number of aromatic nitrogens is 1. The predicted molar refractivity (Wildman–Crippen MR) is 105 cm³/mol. The minimum absolute atomic E-state index is 0.126. The van der Waals surface area contributed by atoms with Crippen molar-refractivity contribution in [1.29, 1.82) is 0 Å². The van der Waals surface area contributed by atoms with Crippen molar-refractivity contribution < 1.29 is 14.0 Å². The van der Waals surface area contributed by atoms with Gasteiger partial charge in [0.2, 0.25) is 5.91 Å². The average molecular weight is 375 g/mol. The Hall–Kier alpha value is -3.54. The molecule has 4 rings (SSSR count). The average Bonchev–Trinajstić information content (AvgIpc) is 2.68. The van der Waals surface area contributed by atoms with Gasteiger partial charge in [-0.05, 0) is 48.9 Å². The maximum atomic E-state index is 13.3. The molecule has 1 aliphatic heterocycles. The lowest BCUT2D eigenvalue weighted by atomic mass is 9.86. The number of rotatable bonds is 3. The summed E-state index contributed by atoms with van der Waals surface area (Å²) in [4.78, 5) is 29.4. The highest BCUT2D eigenvalue weighted by molar-refractivity contribution is 6.10. The van der Waals surface area contributed by atoms with Gasteiger partial charge in [-0.15, -0.1) is 0 Å². The summed E-state index contributed by atoms with van der Waals surface area (Å²) in [7, 11) is 0. The Morgan fingerprint density at radius 1 is 1.14 bits per heavy atom. The van der Waals surface area contributed by atoms with Crippen molar-refractivity contribution in [2.75, 3.05) is 5.32 Å². The molecule has 3 aromatic rings. The summed E-state index contributed by atoms with van der Waals surface area (Å²) < 4.78 is 13.3. The first-order valence-corrected chi connectivity index (χ1v) is 8.94. The SMILES string of the molecule is Cc1ccc2c(NC(=O)C3=CNC(=O)C[C@H]3c3ccc(F)cc3)cccc2n1. The number of benzene rings is 2. The third-order valence-electron chi connectivity index (χ3n) is 4.81. The molecule has 2 amide bonds. The van der Waals surface area contributed by atoms with Crippen LogP contribution in [0.15, 0.2) is 66.4 Å². The van der Waals surface area contributed by atoms with Gasteiger partial charge in [-0.3, -0.25) is 14.6 Å². The van der Waals surface area contributed by atoms with Gasteiger partial charge in [-0.2, -0.15) is 0 Å². The van der Waals surface area contributed by atoms with Crippen molar-refractivity contribution in [3.8, 4) is 0 Å². The summed E-state index contributed by atoms with van der Waals surface area (Å²) in [6.07, 6.45) is 1.56. The standard InChI is InChI=1S/C22H18FN3O2/c1-13-5-10-16-19(25-13)3-2-4-20(16)26-22(28)18-12-24-21(27)11-17(18)14-6-8-15(23)9-7-14/h2-10,12,17H,11H2,1H3,(H,24,27)(H,26,28)/t17-/m0/s1. The molecular weight excluding hydrogens is 357 g/mol. The molecule has 0 aliphatic carbocycles. The molecule has 0 saturated heterocycles. The van der Waals surface area contributed by atoms with Crippen molar-refractivity contribution in [2.24, 2.45) is 0 Å². The highest BCUT2D eigenvalue weighted by Gasteiger charge is 2.29. The largest absolute Gasteiger partial charge is 0.332 e. The fourth-order valence-electron chi connectivity index (χ4n) is 3.39. The lowest BCUT2D eigenvalue weighted by Crippen LogP contribution is -2.32. The van der Waals surface area contributed by atoms with Crippen LogP contribution in [0.2, 0.25) is 0 Å². The Morgan fingerprint density at radius 3 is 2.71 bits per heavy atom. The quantitative estimate of drug-likeness (QED) is 0.731. The number of aryl methyl sites for hydroxylation is 1. The number of pyridine rings is 1. The molecule has 0 radical (unpaired) electrons. The molecule has 28 heavy (non-hydrogen) atoms. The Morgan fingerprint density at radius 2 is 1.93 bits per heavy atom. The van der Waals surface area contributed by atoms with Gasteiger partial charge in [0.25, 0.3) is 5.91 Å². The number of hydrogen-bond acceptors (Lipinski definition) is 3. The fraction of sp³-hybridized carbons (Fsp3) is 0.136. The van der Waals surface area contributed by atoms with E-state index >= 15 is 0 Å². The topological polar surface area (TPSA) is 71.1 Å². The molecule has 0 spiro atoms. The number of carbonyl (C=O) groups is 2. The summed E-state index contributed by atoms with van der Waals surface area (Å²) >= 11 is 0. The van der Waals surface area contributed by atoms with Crippen molar-refractivity contribution in [2.45, 2.75) is 19.3 Å². The first-order valence-electron chi connectivity index (χ1n) is 8.94. The molecule has 1 aliphatic rings. The maximum Gasteiger partial charge on any atom is 0.253 e. The summed E-state index contributed by atoms with van der Waals surface area (Å²) in [6, 6.07) is 15.2. The van der Waals surface area contributed by atoms with Gasteiger partial charge in [-0.1, -0.05) is 18.2 Å². The zero-order valence-electron chi connectivity index (χ0n) is 15.2. The van der Waals surface area contributed by atoms with Gasteiger partial charge in [0.15, 0.2) is 0 Å². The molecule has 0 saturated carbocycles. The zero-order chi connectivity index (χ0) is 19.7. The van der Waals surface area contributed by atoms with Crippen LogP contribution in [0.1, 0.15) is 23.6 Å². The lowest BCUT2D eigenvalue weighted by Gasteiger charge is -2.24. The second-order valence-electron chi connectivity index (χ2n) is 6.75. The van der Waals surface area contributed by atoms with Gasteiger partial charge in [0.05, 0.1) is 11.2 Å². The van der Waals surface area contributed by atoms with Crippen LogP contribution >= 0.6 is 0 Å². The van der Waals surface area contributed by atoms with E-state index in [4.69, 9.17) is 0 Å². The Bertz CT molecular complexity index is 1110. The highest BCUT2D eigenvalue weighted by atomic mass is 19.1. The Balaban J connectivity index is 1.66. The lowest BCUT2D eigenvalue weighted by molar-refractivity contribution is -0.121. The van der Waals surface area contributed by atoms with Crippen LogP contribution in [-0.4, -0.2) is 16.8 Å². The zero-order valence-corrected chi connectivity index (χ0v) is 15.2. The summed E-state index contributed by atoms with van der Waals surface area (Å²) in [6.45, 7) is 1.91. The first kappa shape index (κ1) is 17.9. The number of carbonyl (C=O) groups excluding carboxylic acids is 2. The van der Waals surface area contributed by atoms with E-state index in [9.17, 15) is 14.0 Å². The second kappa shape index (κ2) is 7.23. The minimum atomic E-state index is -0.440. The van der Waals surface area contributed by atoms with E-state index in [0.717, 1.165) is 16.6 Å². The molecule has 0 unspecified atom stereocenters. The van der Waals surface area contributed by atoms with Gasteiger partial charge in [0.1, 0.15) is 5.82 Å². The monoisotopic (exact) mass is 375 g/mol. The summed E-state index contributed by atoms with van der Waals surface area (Å²) in [5.74, 6) is -1.31. The number of amides is 2. The van der Waals surface area contributed by atoms with E-state index in [1.807, 2.05) is 37.3 Å². The number of hydrogen-bond donors (Lipinski definition) is 2. The van der Waals surface area contributed by atoms with E-state index < -0.39 is 5.92 Å². The molecule has 1 atom stereocenters. The van der Waals surface area contributed by atoms with E-state index in [0.29, 0.717) is 16.8 Å². The minimum Gasteiger partial charge on any atom is -0.332 e. The van der Waals surface area contributed by atoms with Gasteiger partial charge < -0.3 is 10.6 Å². The molecule has 2 heterocycles. The fourth-order valence-corrected chi connectivity index (χ4v) is 3.39. The van der Waals surface area contributed by atoms with Crippen LogP contribution in [-0.2, 0) is 9.59 Å². The molecular formula is C22H18FN3O2. The number of halogens is 1. The molecule has 6 heteroatoms. The molecule has 5 nitrogen and oxygen atoms in total. The van der Waals surface area contributed by atoms with Crippen molar-refractivity contribution in [3.63, 3.8) is 0 Å². The van der Waals surface area contributed by atoms with Crippen LogP contribution in [0.25, 0.3) is 10.9 Å². The van der Waals surface area contributed by atoms with E-state index in [1.54, 1.807) is 12.1 Å². The van der Waals surface area contributed by atoms with Gasteiger partial charge in [-0.25, -0.2) is 4.39 Å². The number of anilines is 1. The highest BCUT2D eigenvalue weighted by Crippen LogP contribution is 2.32. The molecule has 0 fully saturated rings. The number of fused-ring (bicyclic) bond motifs is 1. The van der Waals surface area contributed by atoms with E-state index in [-0.39, 0.29) is 24.1 Å². The van der Waals surface area contributed by atoms with Crippen LogP contribution in [0.5, 0.6) is 0 Å².